The van der Waals surface area contributed by atoms with Crippen molar-refractivity contribution in [3.63, 3.8) is 0 Å². The van der Waals surface area contributed by atoms with Gasteiger partial charge in [0, 0.05) is 30.2 Å². The number of aryl methyl sites for hydroxylation is 2. The van der Waals surface area contributed by atoms with Crippen LogP contribution in [0.2, 0.25) is 0 Å². The predicted octanol–water partition coefficient (Wildman–Crippen LogP) is 4.20. The van der Waals surface area contributed by atoms with Crippen LogP contribution in [0.4, 0.5) is 11.4 Å². The van der Waals surface area contributed by atoms with Crippen molar-refractivity contribution < 1.29 is 23.4 Å². The van der Waals surface area contributed by atoms with Crippen molar-refractivity contribution in [2.24, 2.45) is 0 Å². The lowest BCUT2D eigenvalue weighted by Crippen LogP contribution is -2.78. The Balaban J connectivity index is 1.62. The lowest BCUT2D eigenvalue weighted by Gasteiger charge is -2.18. The van der Waals surface area contributed by atoms with Crippen LogP contribution < -0.4 is 16.3 Å². The van der Waals surface area contributed by atoms with Crippen molar-refractivity contribution in [1.82, 2.24) is 4.31 Å². The summed E-state index contributed by atoms with van der Waals surface area (Å²) in [4.78, 5) is 0.275. The summed E-state index contributed by atoms with van der Waals surface area (Å²) in [6.07, 6.45) is 5.84. The molecule has 0 spiro atoms. The minimum absolute atomic E-state index is 0.0760. The second-order valence-electron chi connectivity index (χ2n) is 9.83. The number of hydrazine groups is 1. The third-order valence-electron chi connectivity index (χ3n) is 7.04. The Hall–Kier alpha value is -4.08. The van der Waals surface area contributed by atoms with Crippen molar-refractivity contribution in [3.05, 3.63) is 88.2 Å². The largest absolute Gasteiger partial charge is 0.505 e. The molecule has 3 aromatic carbocycles. The molecule has 9 heteroatoms. The van der Waals surface area contributed by atoms with Gasteiger partial charge in [-0.25, -0.2) is 8.42 Å². The van der Waals surface area contributed by atoms with Crippen LogP contribution in [0.1, 0.15) is 37.5 Å². The first-order chi connectivity index (χ1) is 19.0. The van der Waals surface area contributed by atoms with Gasteiger partial charge in [0.2, 0.25) is 10.0 Å². The van der Waals surface area contributed by atoms with E-state index in [1.807, 2.05) is 71.0 Å². The molecule has 0 fully saturated rings. The molecule has 0 saturated carbocycles. The predicted molar refractivity (Wildman–Crippen MR) is 162 cm³/mol. The fourth-order valence-corrected chi connectivity index (χ4v) is 6.35. The number of sulfonamides is 1. The number of benzene rings is 3. The molecule has 3 aromatic rings. The normalized spacial score (nSPS) is 16.0. The highest BCUT2D eigenvalue weighted by molar-refractivity contribution is 7.89. The maximum atomic E-state index is 12.8. The summed E-state index contributed by atoms with van der Waals surface area (Å²) in [5, 5.41) is 15.7. The van der Waals surface area contributed by atoms with E-state index in [0.29, 0.717) is 41.3 Å². The van der Waals surface area contributed by atoms with Gasteiger partial charge < -0.3 is 15.6 Å². The van der Waals surface area contributed by atoms with E-state index in [9.17, 15) is 13.5 Å². The van der Waals surface area contributed by atoms with Gasteiger partial charge in [0.05, 0.1) is 12.0 Å². The van der Waals surface area contributed by atoms with Crippen LogP contribution in [0.5, 0.6) is 5.75 Å². The first kappa shape index (κ1) is 28.9. The molecular formula is C31H37N4O4S+. The zero-order valence-electron chi connectivity index (χ0n) is 23.8. The van der Waals surface area contributed by atoms with E-state index in [2.05, 4.69) is 10.5 Å². The van der Waals surface area contributed by atoms with Crippen LogP contribution in [-0.2, 0) is 14.8 Å². The molecule has 0 radical (unpaired) electrons. The van der Waals surface area contributed by atoms with E-state index in [1.54, 1.807) is 31.4 Å². The fourth-order valence-electron chi connectivity index (χ4n) is 4.89. The molecular weight excluding hydrogens is 524 g/mol. The molecule has 0 atom stereocenters. The lowest BCUT2D eigenvalue weighted by atomic mass is 9.96. The lowest BCUT2D eigenvalue weighted by molar-refractivity contribution is -0.418. The van der Waals surface area contributed by atoms with Crippen LogP contribution in [-0.4, -0.2) is 43.7 Å². The fraction of sp³-hybridized carbons (Fsp3) is 0.258. The van der Waals surface area contributed by atoms with Crippen molar-refractivity contribution >= 4 is 44.0 Å². The van der Waals surface area contributed by atoms with Gasteiger partial charge in [-0.05, 0) is 90.4 Å². The molecule has 0 amide bonds. The topological polar surface area (TPSA) is 119 Å². The highest BCUT2D eigenvalue weighted by Crippen LogP contribution is 2.39. The molecule has 0 aliphatic heterocycles. The van der Waals surface area contributed by atoms with Gasteiger partial charge in [-0.1, -0.05) is 32.0 Å². The van der Waals surface area contributed by atoms with Crippen molar-refractivity contribution in [2.45, 2.75) is 39.5 Å². The first-order valence-corrected chi connectivity index (χ1v) is 14.6. The smallest absolute Gasteiger partial charge is 0.268 e. The Kier molecular flexibility index (Phi) is 8.37. The van der Waals surface area contributed by atoms with Crippen LogP contribution in [0.3, 0.4) is 0 Å². The van der Waals surface area contributed by atoms with E-state index < -0.39 is 10.0 Å². The Morgan fingerprint density at radius 3 is 2.35 bits per heavy atom. The molecule has 1 aliphatic rings. The summed E-state index contributed by atoms with van der Waals surface area (Å²) in [5.41, 5.74) is 15.7. The number of phenolic OH excluding ortho intramolecular Hbond substituents is 1. The molecule has 0 heterocycles. The monoisotopic (exact) mass is 561 g/mol. The third kappa shape index (κ3) is 5.61. The minimum Gasteiger partial charge on any atom is -0.505 e. The number of rotatable bonds is 8. The number of hydrogen-bond donors (Lipinski definition) is 4. The highest BCUT2D eigenvalue weighted by Gasteiger charge is 2.23. The summed E-state index contributed by atoms with van der Waals surface area (Å²) in [6, 6.07) is 12.7. The molecule has 0 saturated heterocycles. The third-order valence-corrected chi connectivity index (χ3v) is 9.10. The summed E-state index contributed by atoms with van der Waals surface area (Å²) < 4.78 is 32.7. The number of nitrogen functional groups attached to an aromatic ring is 1. The van der Waals surface area contributed by atoms with Crippen LogP contribution >= 0.6 is 0 Å². The second-order valence-corrected chi connectivity index (χ2v) is 11.8. The van der Waals surface area contributed by atoms with Crippen LogP contribution in [0.25, 0.3) is 16.8 Å². The number of anilines is 2. The maximum Gasteiger partial charge on any atom is 0.268 e. The molecule has 8 nitrogen and oxygen atoms in total. The number of fused-ring (bicyclic) bond motifs is 1. The number of nitrogens with zero attached hydrogens (tertiary/aromatic N) is 1. The first-order valence-electron chi connectivity index (χ1n) is 13.2. The summed E-state index contributed by atoms with van der Waals surface area (Å²) >= 11 is 0. The van der Waals surface area contributed by atoms with E-state index in [1.165, 1.54) is 4.31 Å². The zero-order chi connectivity index (χ0) is 29.2. The molecule has 210 valence electrons. The number of aromatic hydroxyl groups is 1. The van der Waals surface area contributed by atoms with Crippen molar-refractivity contribution in [3.8, 4) is 5.75 Å². The summed E-state index contributed by atoms with van der Waals surface area (Å²) in [5.74, 6) is 0.672. The number of methoxy groups -OCH3 is 1. The van der Waals surface area contributed by atoms with Gasteiger partial charge in [0.25, 0.3) is 5.71 Å². The SMILES string of the molecule is CCN(CC)S(=O)(=O)c1ccc(C=C2C=C(OC)C(=[NH+]Nc3c(C)cc4cc(C)cc(N)c4c3O)C=C2C)cc1. The summed E-state index contributed by atoms with van der Waals surface area (Å²) in [7, 11) is -1.92. The second kappa shape index (κ2) is 11.6. The molecule has 0 aromatic heterocycles. The number of hydrazone groups is 1. The van der Waals surface area contributed by atoms with Gasteiger partial charge in [-0.15, -0.1) is 5.10 Å². The van der Waals surface area contributed by atoms with Crippen molar-refractivity contribution in [2.75, 3.05) is 31.4 Å². The molecule has 40 heavy (non-hydrogen) atoms. The maximum absolute atomic E-state index is 12.8. The Labute approximate surface area is 236 Å². The molecule has 4 rings (SSSR count). The molecule has 1 aliphatic carbocycles. The van der Waals surface area contributed by atoms with Gasteiger partial charge in [0.1, 0.15) is 5.69 Å². The van der Waals surface area contributed by atoms with Gasteiger partial charge in [-0.3, -0.25) is 0 Å². The molecule has 0 unspecified atom stereocenters. The number of nitrogens with two attached hydrogens (primary N) is 1. The van der Waals surface area contributed by atoms with Crippen LogP contribution in [0.15, 0.2) is 76.4 Å². The Morgan fingerprint density at radius 1 is 1.05 bits per heavy atom. The molecule has 0 bridgehead atoms. The van der Waals surface area contributed by atoms with E-state index >= 15 is 0 Å². The average Bonchev–Trinajstić information content (AvgIpc) is 2.90. The van der Waals surface area contributed by atoms with Crippen LogP contribution in [0, 0.1) is 13.8 Å². The summed E-state index contributed by atoms with van der Waals surface area (Å²) in [6.45, 7) is 10.4. The molecule has 5 N–H and O–H groups in total. The zero-order valence-corrected chi connectivity index (χ0v) is 24.6. The van der Waals surface area contributed by atoms with E-state index in [0.717, 1.165) is 33.2 Å². The standard InChI is InChI=1S/C31H36N4O4S/c1-7-35(8-2)40(37,38)25-11-9-22(10-12-25)17-23-18-28(39-6)27(16-20(23)4)33-34-30-21(5)15-24-13-19(3)14-26(32)29(24)31(30)36/h9-18,34,36H,7-8,32H2,1-6H3/p+1. The Morgan fingerprint density at radius 2 is 1.73 bits per heavy atom. The van der Waals surface area contributed by atoms with Gasteiger partial charge >= 0.3 is 0 Å². The van der Waals surface area contributed by atoms with Gasteiger partial charge in [-0.2, -0.15) is 9.73 Å². The minimum atomic E-state index is -3.51. The number of hydrogen-bond acceptors (Lipinski definition) is 6. The van der Waals surface area contributed by atoms with Gasteiger partial charge in [0.15, 0.2) is 11.5 Å². The highest BCUT2D eigenvalue weighted by atomic mass is 32.2. The number of ether oxygens (including phenoxy) is 1. The number of allylic oxidation sites excluding steroid dienone is 4. The average molecular weight is 562 g/mol. The Bertz CT molecular complexity index is 1680. The van der Waals surface area contributed by atoms with E-state index in [-0.39, 0.29) is 10.6 Å². The van der Waals surface area contributed by atoms with Crippen molar-refractivity contribution in [1.29, 1.82) is 0 Å². The number of phenols is 1. The van der Waals surface area contributed by atoms with E-state index in [4.69, 9.17) is 10.5 Å². The number of nitrogens with one attached hydrogen (secondary N) is 2. The quantitative estimate of drug-likeness (QED) is 0.186.